The van der Waals surface area contributed by atoms with Crippen LogP contribution in [-0.2, 0) is 20.7 Å². The van der Waals surface area contributed by atoms with Gasteiger partial charge in [-0.1, -0.05) is 42.5 Å². The highest BCUT2D eigenvalue weighted by molar-refractivity contribution is 5.69. The fraction of sp³-hybridized carbons (Fsp3) is 0.269. The number of carboxylic acid groups (broad SMARTS) is 1. The van der Waals surface area contributed by atoms with Crippen LogP contribution in [0.4, 0.5) is 8.78 Å². The van der Waals surface area contributed by atoms with E-state index in [1.807, 2.05) is 0 Å². The molecule has 0 radical (unpaired) electrons. The van der Waals surface area contributed by atoms with Crippen LogP contribution in [0.1, 0.15) is 42.6 Å². The van der Waals surface area contributed by atoms with Crippen LogP contribution in [0.3, 0.4) is 0 Å². The quantitative estimate of drug-likeness (QED) is 0.356. The number of carbonyl (C=O) groups is 2. The summed E-state index contributed by atoms with van der Waals surface area (Å²) in [6.07, 6.45) is -0.960. The van der Waals surface area contributed by atoms with Gasteiger partial charge in [0.05, 0.1) is 13.0 Å². The van der Waals surface area contributed by atoms with Gasteiger partial charge in [0, 0.05) is 12.0 Å². The van der Waals surface area contributed by atoms with Crippen molar-refractivity contribution >= 4 is 11.9 Å². The van der Waals surface area contributed by atoms with Crippen LogP contribution in [-0.4, -0.2) is 28.6 Å². The van der Waals surface area contributed by atoms with Gasteiger partial charge in [0.2, 0.25) is 0 Å². The number of rotatable bonds is 11. The Balaban J connectivity index is 1.85. The van der Waals surface area contributed by atoms with Gasteiger partial charge in [-0.3, -0.25) is 9.59 Å². The molecule has 1 atom stereocenters. The van der Waals surface area contributed by atoms with Gasteiger partial charge in [0.1, 0.15) is 11.9 Å². The largest absolute Gasteiger partial charge is 0.481 e. The second-order valence-corrected chi connectivity index (χ2v) is 7.64. The second-order valence-electron chi connectivity index (χ2n) is 7.64. The molecule has 9 heteroatoms. The predicted molar refractivity (Wildman–Crippen MR) is 122 cm³/mol. The van der Waals surface area contributed by atoms with E-state index < -0.39 is 41.9 Å². The maximum Gasteiger partial charge on any atom is 0.307 e. The Kier molecular flexibility index (Phi) is 8.72. The fourth-order valence-electron chi connectivity index (χ4n) is 3.30. The van der Waals surface area contributed by atoms with Gasteiger partial charge in [0.25, 0.3) is 11.8 Å². The molecule has 0 saturated carbocycles. The Morgan fingerprint density at radius 3 is 2.43 bits per heavy atom. The first kappa shape index (κ1) is 25.6. The van der Waals surface area contributed by atoms with Crippen LogP contribution in [0.2, 0.25) is 0 Å². The van der Waals surface area contributed by atoms with Gasteiger partial charge in [-0.25, -0.2) is 8.78 Å². The molecule has 0 saturated heterocycles. The Morgan fingerprint density at radius 1 is 1.03 bits per heavy atom. The normalized spacial score (nSPS) is 11.5. The number of nitrogens with zero attached hydrogens (tertiary/aromatic N) is 1. The molecule has 2 aromatic carbocycles. The standard InChI is InChI=1S/C26H25F2NO6/c1-3-33-22(32)13-12-17-8-7-11-19(14-17)34-25-23(27)16(2)24(28)26(29-25)35-20(15-21(30)31)18-9-5-4-6-10-18/h4-11,14,20H,3,12-13,15H2,1-2H3,(H,30,31). The summed E-state index contributed by atoms with van der Waals surface area (Å²) in [5, 5.41) is 9.27. The number of hydrogen-bond donors (Lipinski definition) is 1. The highest BCUT2D eigenvalue weighted by Gasteiger charge is 2.25. The molecular weight excluding hydrogens is 460 g/mol. The van der Waals surface area contributed by atoms with Crippen LogP contribution in [0.15, 0.2) is 54.6 Å². The van der Waals surface area contributed by atoms with E-state index in [2.05, 4.69) is 4.98 Å². The topological polar surface area (TPSA) is 95.0 Å². The molecule has 3 rings (SSSR count). The first-order valence-electron chi connectivity index (χ1n) is 11.0. The molecule has 0 fully saturated rings. The van der Waals surface area contributed by atoms with Crippen molar-refractivity contribution in [2.24, 2.45) is 0 Å². The van der Waals surface area contributed by atoms with Crippen LogP contribution >= 0.6 is 0 Å². The van der Waals surface area contributed by atoms with E-state index in [-0.39, 0.29) is 23.7 Å². The van der Waals surface area contributed by atoms with Gasteiger partial charge in [-0.15, -0.1) is 0 Å². The van der Waals surface area contributed by atoms with Crippen molar-refractivity contribution in [3.63, 3.8) is 0 Å². The first-order valence-corrected chi connectivity index (χ1v) is 11.0. The lowest BCUT2D eigenvalue weighted by atomic mass is 10.1. The minimum absolute atomic E-state index is 0.169. The zero-order chi connectivity index (χ0) is 25.4. The average Bonchev–Trinajstić information content (AvgIpc) is 2.84. The number of carbonyl (C=O) groups excluding carboxylic acids is 1. The van der Waals surface area contributed by atoms with E-state index in [0.29, 0.717) is 18.6 Å². The first-order chi connectivity index (χ1) is 16.8. The number of halogens is 2. The van der Waals surface area contributed by atoms with Crippen LogP contribution in [0.5, 0.6) is 17.5 Å². The smallest absolute Gasteiger partial charge is 0.307 e. The number of hydrogen-bond acceptors (Lipinski definition) is 6. The van der Waals surface area contributed by atoms with E-state index in [0.717, 1.165) is 5.56 Å². The van der Waals surface area contributed by atoms with E-state index in [9.17, 15) is 23.5 Å². The van der Waals surface area contributed by atoms with Crippen molar-refractivity contribution in [2.75, 3.05) is 6.61 Å². The Morgan fingerprint density at radius 2 is 1.74 bits per heavy atom. The molecule has 35 heavy (non-hydrogen) atoms. The van der Waals surface area contributed by atoms with Crippen LogP contribution < -0.4 is 9.47 Å². The van der Waals surface area contributed by atoms with Gasteiger partial charge in [-0.05, 0) is 43.5 Å². The molecular formula is C26H25F2NO6. The molecule has 1 N–H and O–H groups in total. The monoisotopic (exact) mass is 485 g/mol. The summed E-state index contributed by atoms with van der Waals surface area (Å²) in [6, 6.07) is 15.0. The van der Waals surface area contributed by atoms with E-state index in [4.69, 9.17) is 14.2 Å². The lowest BCUT2D eigenvalue weighted by molar-refractivity contribution is -0.143. The molecule has 1 heterocycles. The summed E-state index contributed by atoms with van der Waals surface area (Å²) >= 11 is 0. The molecule has 1 aromatic heterocycles. The SMILES string of the molecule is CCOC(=O)CCc1cccc(Oc2nc(OC(CC(=O)O)c3ccccc3)c(F)c(C)c2F)c1. The maximum atomic E-state index is 14.8. The van der Waals surface area contributed by atoms with Gasteiger partial charge in [-0.2, -0.15) is 4.98 Å². The molecule has 0 spiro atoms. The van der Waals surface area contributed by atoms with Crippen LogP contribution in [0, 0.1) is 18.6 Å². The van der Waals surface area contributed by atoms with E-state index >= 15 is 0 Å². The number of ether oxygens (including phenoxy) is 3. The molecule has 0 amide bonds. The Bertz CT molecular complexity index is 1190. The van der Waals surface area contributed by atoms with Crippen molar-refractivity contribution in [3.8, 4) is 17.5 Å². The molecule has 0 bridgehead atoms. The minimum Gasteiger partial charge on any atom is -0.481 e. The van der Waals surface area contributed by atoms with Crippen molar-refractivity contribution in [3.05, 3.63) is 82.9 Å². The Labute approximate surface area is 201 Å². The zero-order valence-electron chi connectivity index (χ0n) is 19.3. The Hall–Kier alpha value is -4.01. The summed E-state index contributed by atoms with van der Waals surface area (Å²) in [4.78, 5) is 26.8. The van der Waals surface area contributed by atoms with Crippen molar-refractivity contribution in [1.82, 2.24) is 4.98 Å². The summed E-state index contributed by atoms with van der Waals surface area (Å²) in [5.74, 6) is -4.44. The van der Waals surface area contributed by atoms with Crippen molar-refractivity contribution < 1.29 is 37.7 Å². The zero-order valence-corrected chi connectivity index (χ0v) is 19.3. The molecule has 3 aromatic rings. The summed E-state index contributed by atoms with van der Waals surface area (Å²) in [6.45, 7) is 3.22. The molecule has 1 unspecified atom stereocenters. The third-order valence-corrected chi connectivity index (χ3v) is 5.06. The van der Waals surface area contributed by atoms with Gasteiger partial charge in [0.15, 0.2) is 11.6 Å². The van der Waals surface area contributed by atoms with Crippen molar-refractivity contribution in [1.29, 1.82) is 0 Å². The van der Waals surface area contributed by atoms with Crippen molar-refractivity contribution in [2.45, 2.75) is 39.2 Å². The number of carboxylic acids is 1. The highest BCUT2D eigenvalue weighted by atomic mass is 19.1. The van der Waals surface area contributed by atoms with Crippen LogP contribution in [0.25, 0.3) is 0 Å². The summed E-state index contributed by atoms with van der Waals surface area (Å²) in [5.41, 5.74) is 0.859. The lowest BCUT2D eigenvalue weighted by Gasteiger charge is -2.19. The molecule has 0 aliphatic rings. The minimum atomic E-state index is -1.16. The number of benzene rings is 2. The second kappa shape index (κ2) is 11.9. The molecule has 0 aliphatic heterocycles. The predicted octanol–water partition coefficient (Wildman–Crippen LogP) is 5.55. The molecule has 184 valence electrons. The number of aliphatic carboxylic acids is 1. The number of esters is 1. The number of aryl methyl sites for hydroxylation is 1. The van der Waals surface area contributed by atoms with Gasteiger partial charge < -0.3 is 19.3 Å². The maximum absolute atomic E-state index is 14.8. The molecule has 7 nitrogen and oxygen atoms in total. The average molecular weight is 485 g/mol. The number of pyridine rings is 1. The van der Waals surface area contributed by atoms with Gasteiger partial charge >= 0.3 is 11.9 Å². The summed E-state index contributed by atoms with van der Waals surface area (Å²) < 4.78 is 45.7. The van der Waals surface area contributed by atoms with E-state index in [1.54, 1.807) is 61.5 Å². The highest BCUT2D eigenvalue weighted by Crippen LogP contribution is 2.33. The lowest BCUT2D eigenvalue weighted by Crippen LogP contribution is -2.15. The van der Waals surface area contributed by atoms with E-state index in [1.165, 1.54) is 6.92 Å². The number of aromatic nitrogens is 1. The third kappa shape index (κ3) is 6.99. The fourth-order valence-corrected chi connectivity index (χ4v) is 3.30. The third-order valence-electron chi connectivity index (χ3n) is 5.06. The summed E-state index contributed by atoms with van der Waals surface area (Å²) in [7, 11) is 0. The molecule has 0 aliphatic carbocycles.